The molecular weight excluding hydrogens is 308 g/mol. The third-order valence-electron chi connectivity index (χ3n) is 3.01. The Morgan fingerprint density at radius 3 is 2.95 bits per heavy atom. The Morgan fingerprint density at radius 1 is 1.64 bits per heavy atom. The summed E-state index contributed by atoms with van der Waals surface area (Å²) in [4.78, 5) is 26.6. The van der Waals surface area contributed by atoms with Gasteiger partial charge in [0.25, 0.3) is 11.2 Å². The maximum Gasteiger partial charge on any atom is 0.287 e. The maximum absolute atomic E-state index is 12.0. The van der Waals surface area contributed by atoms with Crippen LogP contribution in [0.15, 0.2) is 22.4 Å². The molecule has 2 aromatic rings. The van der Waals surface area contributed by atoms with Gasteiger partial charge in [-0.2, -0.15) is 5.26 Å². The van der Waals surface area contributed by atoms with Gasteiger partial charge in [0.2, 0.25) is 0 Å². The monoisotopic (exact) mass is 320 g/mol. The molecule has 0 amide bonds. The van der Waals surface area contributed by atoms with Crippen LogP contribution >= 0.6 is 11.3 Å². The van der Waals surface area contributed by atoms with Gasteiger partial charge in [-0.15, -0.1) is 11.3 Å². The van der Waals surface area contributed by atoms with Gasteiger partial charge in [-0.3, -0.25) is 14.9 Å². The van der Waals surface area contributed by atoms with Crippen LogP contribution in [-0.2, 0) is 11.3 Å². The zero-order valence-electron chi connectivity index (χ0n) is 11.8. The van der Waals surface area contributed by atoms with Crippen LogP contribution in [0.3, 0.4) is 0 Å². The van der Waals surface area contributed by atoms with E-state index in [1.54, 1.807) is 18.6 Å². The van der Waals surface area contributed by atoms with Crippen LogP contribution in [0.1, 0.15) is 29.3 Å². The lowest BCUT2D eigenvalue weighted by Crippen LogP contribution is -2.23. The minimum absolute atomic E-state index is 0.0577. The number of nitrogens with zero attached hydrogens (tertiary/aromatic N) is 4. The van der Waals surface area contributed by atoms with Crippen LogP contribution in [0, 0.1) is 21.4 Å². The summed E-state index contributed by atoms with van der Waals surface area (Å²) < 4.78 is 6.28. The average molecular weight is 320 g/mol. The third kappa shape index (κ3) is 3.19. The van der Waals surface area contributed by atoms with E-state index in [1.807, 2.05) is 6.92 Å². The second-order valence-electron chi connectivity index (χ2n) is 4.47. The summed E-state index contributed by atoms with van der Waals surface area (Å²) in [6.45, 7) is 1.90. The Morgan fingerprint density at radius 2 is 2.36 bits per heavy atom. The van der Waals surface area contributed by atoms with Crippen LogP contribution in [0.2, 0.25) is 0 Å². The second kappa shape index (κ2) is 6.46. The van der Waals surface area contributed by atoms with E-state index in [0.29, 0.717) is 5.69 Å². The lowest BCUT2D eigenvalue weighted by atomic mass is 10.2. The highest BCUT2D eigenvalue weighted by atomic mass is 32.1. The maximum atomic E-state index is 12.0. The number of hydrogen-bond donors (Lipinski definition) is 0. The molecule has 2 heterocycles. The van der Waals surface area contributed by atoms with Gasteiger partial charge in [-0.1, -0.05) is 0 Å². The molecule has 114 valence electrons. The minimum atomic E-state index is -0.643. The number of aromatic nitrogens is 2. The van der Waals surface area contributed by atoms with E-state index < -0.39 is 10.5 Å². The Labute approximate surface area is 129 Å². The molecular formula is C13H12N4O4S. The molecule has 0 saturated heterocycles. The van der Waals surface area contributed by atoms with Gasteiger partial charge in [0, 0.05) is 18.6 Å². The number of ether oxygens (including phenoxy) is 1. The molecule has 0 aliphatic rings. The molecule has 2 rings (SSSR count). The van der Waals surface area contributed by atoms with Gasteiger partial charge in [-0.05, 0) is 6.92 Å². The van der Waals surface area contributed by atoms with Gasteiger partial charge in [0.05, 0.1) is 23.4 Å². The van der Waals surface area contributed by atoms with Gasteiger partial charge >= 0.3 is 0 Å². The van der Waals surface area contributed by atoms with Crippen molar-refractivity contribution in [2.45, 2.75) is 19.6 Å². The normalized spacial score (nSPS) is 11.9. The summed E-state index contributed by atoms with van der Waals surface area (Å²) in [5.41, 5.74) is -0.579. The highest BCUT2D eigenvalue weighted by Gasteiger charge is 2.15. The van der Waals surface area contributed by atoms with Crippen LogP contribution in [-0.4, -0.2) is 21.6 Å². The van der Waals surface area contributed by atoms with Gasteiger partial charge in [0.1, 0.15) is 22.7 Å². The summed E-state index contributed by atoms with van der Waals surface area (Å²) in [6.07, 6.45) is 0.942. The molecule has 22 heavy (non-hydrogen) atoms. The molecule has 0 aromatic carbocycles. The Hall–Kier alpha value is -2.57. The number of methoxy groups -OCH3 is 1. The molecule has 0 fully saturated rings. The standard InChI is InChI=1S/C13H12N4O4S/c1-8(21-2)12-15-10(7-22-12)5-16-6-11(17(19)20)3-9(4-14)13(16)18/h3,6-8H,5H2,1-2H3/t8-/m1/s1. The molecule has 0 N–H and O–H groups in total. The summed E-state index contributed by atoms with van der Waals surface area (Å²) >= 11 is 1.38. The largest absolute Gasteiger partial charge is 0.375 e. The van der Waals surface area contributed by atoms with E-state index in [1.165, 1.54) is 11.3 Å². The lowest BCUT2D eigenvalue weighted by Gasteiger charge is -2.05. The van der Waals surface area contributed by atoms with Crippen molar-refractivity contribution in [2.24, 2.45) is 0 Å². The number of nitro groups is 1. The van der Waals surface area contributed by atoms with Crippen molar-refractivity contribution < 1.29 is 9.66 Å². The number of pyridine rings is 1. The first-order valence-electron chi connectivity index (χ1n) is 6.22. The zero-order valence-corrected chi connectivity index (χ0v) is 12.7. The molecule has 1 atom stereocenters. The SMILES string of the molecule is CO[C@H](C)c1nc(Cn2cc([N+](=O)[O-])cc(C#N)c2=O)cs1. The predicted molar refractivity (Wildman–Crippen MR) is 78.7 cm³/mol. The second-order valence-corrected chi connectivity index (χ2v) is 5.36. The number of rotatable bonds is 5. The van der Waals surface area contributed by atoms with Crippen molar-refractivity contribution in [2.75, 3.05) is 7.11 Å². The molecule has 0 aliphatic carbocycles. The molecule has 0 spiro atoms. The minimum Gasteiger partial charge on any atom is -0.375 e. The summed E-state index contributed by atoms with van der Waals surface area (Å²) in [6, 6.07) is 2.64. The Balaban J connectivity index is 2.39. The molecule has 8 nitrogen and oxygen atoms in total. The molecule has 9 heteroatoms. The smallest absolute Gasteiger partial charge is 0.287 e. The van der Waals surface area contributed by atoms with Crippen LogP contribution in [0.25, 0.3) is 0 Å². The molecule has 0 unspecified atom stereocenters. The summed E-state index contributed by atoms with van der Waals surface area (Å²) in [5, 5.41) is 22.3. The first kappa shape index (κ1) is 15.8. The highest BCUT2D eigenvalue weighted by Crippen LogP contribution is 2.21. The third-order valence-corrected chi connectivity index (χ3v) is 4.06. The lowest BCUT2D eigenvalue weighted by molar-refractivity contribution is -0.385. The van der Waals surface area contributed by atoms with E-state index in [0.717, 1.165) is 21.8 Å². The molecule has 0 bridgehead atoms. The van der Waals surface area contributed by atoms with Crippen molar-refractivity contribution in [1.29, 1.82) is 5.26 Å². The summed E-state index contributed by atoms with van der Waals surface area (Å²) in [5.74, 6) is 0. The van der Waals surface area contributed by atoms with Gasteiger partial charge in [-0.25, -0.2) is 4.98 Å². The average Bonchev–Trinajstić information content (AvgIpc) is 2.96. The molecule has 0 radical (unpaired) electrons. The molecule has 0 saturated carbocycles. The number of nitriles is 1. The fourth-order valence-electron chi connectivity index (χ4n) is 1.77. The highest BCUT2D eigenvalue weighted by molar-refractivity contribution is 7.09. The van der Waals surface area contributed by atoms with Crippen molar-refractivity contribution in [3.63, 3.8) is 0 Å². The first-order valence-corrected chi connectivity index (χ1v) is 7.10. The van der Waals surface area contributed by atoms with Crippen LogP contribution in [0.5, 0.6) is 0 Å². The van der Waals surface area contributed by atoms with Crippen LogP contribution in [0.4, 0.5) is 5.69 Å². The van der Waals surface area contributed by atoms with Gasteiger partial charge in [0.15, 0.2) is 0 Å². The van der Waals surface area contributed by atoms with Crippen molar-refractivity contribution in [3.8, 4) is 6.07 Å². The first-order chi connectivity index (χ1) is 10.5. The number of thiazole rings is 1. The van der Waals surface area contributed by atoms with Crippen molar-refractivity contribution >= 4 is 17.0 Å². The van der Waals surface area contributed by atoms with E-state index >= 15 is 0 Å². The van der Waals surface area contributed by atoms with Gasteiger partial charge < -0.3 is 9.30 Å². The predicted octanol–water partition coefficient (Wildman–Crippen LogP) is 1.84. The molecule has 0 aliphatic heterocycles. The fraction of sp³-hybridized carbons (Fsp3) is 0.308. The summed E-state index contributed by atoms with van der Waals surface area (Å²) in [7, 11) is 1.57. The van der Waals surface area contributed by atoms with E-state index in [4.69, 9.17) is 10.00 Å². The Kier molecular flexibility index (Phi) is 4.65. The zero-order chi connectivity index (χ0) is 16.3. The van der Waals surface area contributed by atoms with E-state index in [2.05, 4.69) is 4.98 Å². The topological polar surface area (TPSA) is 111 Å². The van der Waals surface area contributed by atoms with Crippen molar-refractivity contribution in [1.82, 2.24) is 9.55 Å². The Bertz CT molecular complexity index is 805. The van der Waals surface area contributed by atoms with E-state index in [-0.39, 0.29) is 23.9 Å². The number of hydrogen-bond acceptors (Lipinski definition) is 7. The fourth-order valence-corrected chi connectivity index (χ4v) is 2.62. The van der Waals surface area contributed by atoms with Crippen molar-refractivity contribution in [3.05, 3.63) is 54.4 Å². The quantitative estimate of drug-likeness (QED) is 0.614. The van der Waals surface area contributed by atoms with E-state index in [9.17, 15) is 14.9 Å². The van der Waals surface area contributed by atoms with Crippen LogP contribution < -0.4 is 5.56 Å². The molecule has 2 aromatic heterocycles.